The first-order valence-corrected chi connectivity index (χ1v) is 5.69. The van der Waals surface area contributed by atoms with Crippen molar-refractivity contribution < 1.29 is 4.79 Å². The van der Waals surface area contributed by atoms with Crippen molar-refractivity contribution >= 4 is 11.7 Å². The number of pyridine rings is 1. The second-order valence-corrected chi connectivity index (χ2v) is 3.97. The first kappa shape index (κ1) is 12.3. The topological polar surface area (TPSA) is 59.2 Å². The SMILES string of the molecule is CN(C(=O)[C@@H](N)c1ccccc1)c1ccccn1. The Morgan fingerprint density at radius 3 is 2.44 bits per heavy atom. The van der Waals surface area contributed by atoms with Crippen molar-refractivity contribution in [3.05, 3.63) is 60.3 Å². The predicted molar refractivity (Wildman–Crippen MR) is 71.0 cm³/mol. The van der Waals surface area contributed by atoms with Gasteiger partial charge in [0.1, 0.15) is 11.9 Å². The van der Waals surface area contributed by atoms with E-state index >= 15 is 0 Å². The van der Waals surface area contributed by atoms with Gasteiger partial charge in [-0.05, 0) is 17.7 Å². The standard InChI is InChI=1S/C14H15N3O/c1-17(12-9-5-6-10-16-12)14(18)13(15)11-7-3-2-4-8-11/h2-10,13H,15H2,1H3/t13-/m0/s1. The summed E-state index contributed by atoms with van der Waals surface area (Å²) in [7, 11) is 1.67. The summed E-state index contributed by atoms with van der Waals surface area (Å²) in [6.45, 7) is 0. The first-order chi connectivity index (χ1) is 8.70. The number of carbonyl (C=O) groups excluding carboxylic acids is 1. The highest BCUT2D eigenvalue weighted by atomic mass is 16.2. The second-order valence-electron chi connectivity index (χ2n) is 3.97. The molecule has 0 bridgehead atoms. The summed E-state index contributed by atoms with van der Waals surface area (Å²) in [5, 5.41) is 0. The van der Waals surface area contributed by atoms with Crippen LogP contribution in [0.3, 0.4) is 0 Å². The van der Waals surface area contributed by atoms with Gasteiger partial charge in [0.05, 0.1) is 0 Å². The summed E-state index contributed by atoms with van der Waals surface area (Å²) in [6, 6.07) is 14.0. The van der Waals surface area contributed by atoms with Crippen molar-refractivity contribution in [3.8, 4) is 0 Å². The zero-order valence-electron chi connectivity index (χ0n) is 10.2. The Balaban J connectivity index is 2.17. The van der Waals surface area contributed by atoms with Gasteiger partial charge in [0.25, 0.3) is 0 Å². The van der Waals surface area contributed by atoms with E-state index in [1.807, 2.05) is 36.4 Å². The van der Waals surface area contributed by atoms with Crippen LogP contribution in [0.15, 0.2) is 54.7 Å². The summed E-state index contributed by atoms with van der Waals surface area (Å²) >= 11 is 0. The van der Waals surface area contributed by atoms with Crippen LogP contribution < -0.4 is 10.6 Å². The van der Waals surface area contributed by atoms with Gasteiger partial charge in [0.15, 0.2) is 0 Å². The van der Waals surface area contributed by atoms with Gasteiger partial charge in [-0.3, -0.25) is 9.69 Å². The zero-order chi connectivity index (χ0) is 13.0. The summed E-state index contributed by atoms with van der Waals surface area (Å²) in [4.78, 5) is 17.8. The van der Waals surface area contributed by atoms with Crippen molar-refractivity contribution in [1.29, 1.82) is 0 Å². The number of carbonyl (C=O) groups is 1. The Labute approximate surface area is 106 Å². The van der Waals surface area contributed by atoms with Crippen LogP contribution in [-0.4, -0.2) is 17.9 Å². The molecule has 92 valence electrons. The molecule has 2 N–H and O–H groups in total. The number of benzene rings is 1. The number of hydrogen-bond donors (Lipinski definition) is 1. The van der Waals surface area contributed by atoms with E-state index in [9.17, 15) is 4.79 Å². The molecule has 0 fully saturated rings. The molecule has 1 atom stereocenters. The van der Waals surface area contributed by atoms with E-state index in [0.29, 0.717) is 5.82 Å². The van der Waals surface area contributed by atoms with Crippen molar-refractivity contribution in [2.45, 2.75) is 6.04 Å². The molecule has 0 unspecified atom stereocenters. The van der Waals surface area contributed by atoms with Crippen molar-refractivity contribution in [2.75, 3.05) is 11.9 Å². The Morgan fingerprint density at radius 2 is 1.83 bits per heavy atom. The molecule has 18 heavy (non-hydrogen) atoms. The van der Waals surface area contributed by atoms with Gasteiger partial charge >= 0.3 is 0 Å². The third kappa shape index (κ3) is 2.55. The number of nitrogens with two attached hydrogens (primary N) is 1. The molecule has 1 heterocycles. The third-order valence-corrected chi connectivity index (χ3v) is 2.75. The smallest absolute Gasteiger partial charge is 0.249 e. The van der Waals surface area contributed by atoms with Crippen LogP contribution in [-0.2, 0) is 4.79 Å². The van der Waals surface area contributed by atoms with E-state index < -0.39 is 6.04 Å². The number of rotatable bonds is 3. The van der Waals surface area contributed by atoms with Gasteiger partial charge < -0.3 is 5.73 Å². The van der Waals surface area contributed by atoms with E-state index in [-0.39, 0.29) is 5.91 Å². The summed E-state index contributed by atoms with van der Waals surface area (Å²) in [5.74, 6) is 0.411. The maximum absolute atomic E-state index is 12.2. The molecule has 0 saturated heterocycles. The third-order valence-electron chi connectivity index (χ3n) is 2.75. The fourth-order valence-electron chi connectivity index (χ4n) is 1.68. The monoisotopic (exact) mass is 241 g/mol. The Morgan fingerprint density at radius 1 is 1.17 bits per heavy atom. The minimum absolute atomic E-state index is 0.181. The average Bonchev–Trinajstić information content (AvgIpc) is 2.47. The molecule has 1 aromatic carbocycles. The van der Waals surface area contributed by atoms with E-state index in [1.165, 1.54) is 4.90 Å². The van der Waals surface area contributed by atoms with Gasteiger partial charge in [-0.25, -0.2) is 4.98 Å². The van der Waals surface area contributed by atoms with Gasteiger partial charge in [-0.2, -0.15) is 0 Å². The van der Waals surface area contributed by atoms with E-state index in [2.05, 4.69) is 4.98 Å². The fourth-order valence-corrected chi connectivity index (χ4v) is 1.68. The van der Waals surface area contributed by atoms with Gasteiger partial charge in [0, 0.05) is 13.2 Å². The van der Waals surface area contributed by atoms with Crippen LogP contribution in [0.2, 0.25) is 0 Å². The lowest BCUT2D eigenvalue weighted by molar-refractivity contribution is -0.119. The molecular weight excluding hydrogens is 226 g/mol. The lowest BCUT2D eigenvalue weighted by Crippen LogP contribution is -2.36. The molecule has 0 saturated carbocycles. The summed E-state index contributed by atoms with van der Waals surface area (Å²) < 4.78 is 0. The van der Waals surface area contributed by atoms with Crippen LogP contribution in [0.4, 0.5) is 5.82 Å². The second kappa shape index (κ2) is 5.42. The van der Waals surface area contributed by atoms with Crippen LogP contribution >= 0.6 is 0 Å². The van der Waals surface area contributed by atoms with Crippen molar-refractivity contribution in [1.82, 2.24) is 4.98 Å². The van der Waals surface area contributed by atoms with E-state index in [4.69, 9.17) is 5.73 Å². The first-order valence-electron chi connectivity index (χ1n) is 5.69. The number of hydrogen-bond acceptors (Lipinski definition) is 3. The molecule has 4 heteroatoms. The highest BCUT2D eigenvalue weighted by Crippen LogP contribution is 2.15. The summed E-state index contributed by atoms with van der Waals surface area (Å²) in [6.07, 6.45) is 1.65. The zero-order valence-corrected chi connectivity index (χ0v) is 10.2. The predicted octanol–water partition coefficient (Wildman–Crippen LogP) is 1.74. The van der Waals surface area contributed by atoms with E-state index in [0.717, 1.165) is 5.56 Å². The molecule has 1 aromatic heterocycles. The average molecular weight is 241 g/mol. The molecule has 2 aromatic rings. The van der Waals surface area contributed by atoms with E-state index in [1.54, 1.807) is 25.4 Å². The Hall–Kier alpha value is -2.20. The van der Waals surface area contributed by atoms with Crippen molar-refractivity contribution in [2.24, 2.45) is 5.73 Å². The largest absolute Gasteiger partial charge is 0.316 e. The molecule has 1 amide bonds. The van der Waals surface area contributed by atoms with Gasteiger partial charge in [0.2, 0.25) is 5.91 Å². The number of anilines is 1. The minimum Gasteiger partial charge on any atom is -0.316 e. The highest BCUT2D eigenvalue weighted by molar-refractivity contribution is 5.96. The number of nitrogens with zero attached hydrogens (tertiary/aromatic N) is 2. The minimum atomic E-state index is -0.668. The molecule has 0 aliphatic carbocycles. The lowest BCUT2D eigenvalue weighted by atomic mass is 10.1. The molecule has 0 spiro atoms. The number of aromatic nitrogens is 1. The highest BCUT2D eigenvalue weighted by Gasteiger charge is 2.21. The van der Waals surface area contributed by atoms with Gasteiger partial charge in [-0.1, -0.05) is 36.4 Å². The number of likely N-dealkylation sites (N-methyl/N-ethyl adjacent to an activating group) is 1. The number of amides is 1. The molecule has 4 nitrogen and oxygen atoms in total. The molecule has 2 rings (SSSR count). The Bertz CT molecular complexity index is 466. The normalized spacial score (nSPS) is 11.9. The fraction of sp³-hybridized carbons (Fsp3) is 0.143. The van der Waals surface area contributed by atoms with Crippen LogP contribution in [0, 0.1) is 0 Å². The molecule has 0 aliphatic rings. The van der Waals surface area contributed by atoms with Crippen LogP contribution in [0.1, 0.15) is 11.6 Å². The lowest BCUT2D eigenvalue weighted by Gasteiger charge is -2.20. The van der Waals surface area contributed by atoms with Crippen molar-refractivity contribution in [3.63, 3.8) is 0 Å². The maximum atomic E-state index is 12.2. The van der Waals surface area contributed by atoms with Crippen LogP contribution in [0.25, 0.3) is 0 Å². The van der Waals surface area contributed by atoms with Gasteiger partial charge in [-0.15, -0.1) is 0 Å². The molecule has 0 radical (unpaired) electrons. The maximum Gasteiger partial charge on any atom is 0.249 e. The molecule has 0 aliphatic heterocycles. The van der Waals surface area contributed by atoms with Crippen LogP contribution in [0.5, 0.6) is 0 Å². The quantitative estimate of drug-likeness (QED) is 0.890. The summed E-state index contributed by atoms with van der Waals surface area (Å²) in [5.41, 5.74) is 6.75. The molecular formula is C14H15N3O. The Kier molecular flexibility index (Phi) is 3.69.